The first-order valence-electron chi connectivity index (χ1n) is 6.04. The Hall–Kier alpha value is -1.26. The van der Waals surface area contributed by atoms with Crippen molar-refractivity contribution in [1.82, 2.24) is 15.5 Å². The third kappa shape index (κ3) is 2.65. The number of nitrogens with one attached hydrogen (secondary N) is 2. The number of hydrogen-bond acceptors (Lipinski definition) is 2. The number of likely N-dealkylation sites (tertiary alicyclic amines) is 1. The summed E-state index contributed by atoms with van der Waals surface area (Å²) in [7, 11) is 0. The van der Waals surface area contributed by atoms with Gasteiger partial charge in [-0.05, 0) is 19.3 Å². The fourth-order valence-corrected chi connectivity index (χ4v) is 2.04. The maximum Gasteiger partial charge on any atom is 0.315 e. The molecular formula is C11H19N3O2. The van der Waals surface area contributed by atoms with Crippen LogP contribution in [-0.4, -0.2) is 42.0 Å². The van der Waals surface area contributed by atoms with Crippen LogP contribution < -0.4 is 10.6 Å². The predicted molar refractivity (Wildman–Crippen MR) is 60.0 cm³/mol. The second-order valence-electron chi connectivity index (χ2n) is 4.58. The quantitative estimate of drug-likeness (QED) is 0.730. The number of urea groups is 1. The van der Waals surface area contributed by atoms with E-state index in [1.807, 2.05) is 11.8 Å². The molecule has 0 aromatic heterocycles. The Morgan fingerprint density at radius 1 is 1.50 bits per heavy atom. The summed E-state index contributed by atoms with van der Waals surface area (Å²) in [6.07, 6.45) is 3.63. The summed E-state index contributed by atoms with van der Waals surface area (Å²) in [6, 6.07) is 0.292. The topological polar surface area (TPSA) is 61.4 Å². The Balaban J connectivity index is 1.75. The molecule has 2 aliphatic rings. The average Bonchev–Trinajstić information content (AvgIpc) is 3.01. The Kier molecular flexibility index (Phi) is 3.31. The molecule has 1 atom stereocenters. The predicted octanol–water partition coefficient (Wildman–Crippen LogP) is 0.459. The third-order valence-corrected chi connectivity index (χ3v) is 3.02. The van der Waals surface area contributed by atoms with E-state index in [0.29, 0.717) is 25.6 Å². The highest BCUT2D eigenvalue weighted by Crippen LogP contribution is 2.30. The van der Waals surface area contributed by atoms with Gasteiger partial charge in [-0.1, -0.05) is 6.92 Å². The van der Waals surface area contributed by atoms with Crippen molar-refractivity contribution >= 4 is 11.9 Å². The minimum Gasteiger partial charge on any atom is -0.338 e. The lowest BCUT2D eigenvalue weighted by Gasteiger charge is -2.16. The van der Waals surface area contributed by atoms with Crippen molar-refractivity contribution in [1.29, 1.82) is 0 Å². The van der Waals surface area contributed by atoms with Crippen LogP contribution in [0.15, 0.2) is 0 Å². The molecule has 1 saturated carbocycles. The van der Waals surface area contributed by atoms with Gasteiger partial charge in [-0.25, -0.2) is 4.79 Å². The molecule has 5 nitrogen and oxygen atoms in total. The molecule has 2 N–H and O–H groups in total. The lowest BCUT2D eigenvalue weighted by atomic mass is 10.2. The second-order valence-corrected chi connectivity index (χ2v) is 4.58. The zero-order valence-electron chi connectivity index (χ0n) is 9.66. The highest BCUT2D eigenvalue weighted by Gasteiger charge is 2.39. The molecule has 0 radical (unpaired) electrons. The summed E-state index contributed by atoms with van der Waals surface area (Å²) in [4.78, 5) is 24.9. The first-order chi connectivity index (χ1) is 7.70. The van der Waals surface area contributed by atoms with Crippen LogP contribution in [0.5, 0.6) is 0 Å². The molecule has 5 heteroatoms. The Labute approximate surface area is 95.6 Å². The van der Waals surface area contributed by atoms with Gasteiger partial charge in [0.1, 0.15) is 0 Å². The summed E-state index contributed by atoms with van der Waals surface area (Å²) >= 11 is 0. The van der Waals surface area contributed by atoms with Crippen LogP contribution in [0, 0.1) is 0 Å². The van der Waals surface area contributed by atoms with Crippen molar-refractivity contribution < 1.29 is 9.59 Å². The molecule has 1 aliphatic heterocycles. The number of nitrogens with zero attached hydrogens (tertiary/aromatic N) is 1. The molecule has 1 unspecified atom stereocenters. The molecule has 1 aliphatic carbocycles. The van der Waals surface area contributed by atoms with Crippen molar-refractivity contribution in [2.45, 2.75) is 44.7 Å². The fraction of sp³-hybridized carbons (Fsp3) is 0.818. The molecule has 2 fully saturated rings. The van der Waals surface area contributed by atoms with Crippen LogP contribution in [0.1, 0.15) is 32.6 Å². The number of hydrogen-bond donors (Lipinski definition) is 2. The maximum absolute atomic E-state index is 11.6. The third-order valence-electron chi connectivity index (χ3n) is 3.02. The summed E-state index contributed by atoms with van der Waals surface area (Å²) in [5.41, 5.74) is 0. The van der Waals surface area contributed by atoms with E-state index in [9.17, 15) is 9.59 Å². The summed E-state index contributed by atoms with van der Waals surface area (Å²) in [5, 5.41) is 5.60. The van der Waals surface area contributed by atoms with E-state index in [-0.39, 0.29) is 18.0 Å². The van der Waals surface area contributed by atoms with Crippen molar-refractivity contribution in [2.24, 2.45) is 0 Å². The summed E-state index contributed by atoms with van der Waals surface area (Å²) in [6.45, 7) is 3.37. The van der Waals surface area contributed by atoms with E-state index in [2.05, 4.69) is 10.6 Å². The van der Waals surface area contributed by atoms with Crippen molar-refractivity contribution in [2.75, 3.05) is 13.1 Å². The molecule has 3 amide bonds. The van der Waals surface area contributed by atoms with Gasteiger partial charge in [0, 0.05) is 25.6 Å². The minimum absolute atomic E-state index is 0.00930. The zero-order chi connectivity index (χ0) is 11.5. The zero-order valence-corrected chi connectivity index (χ0v) is 9.66. The minimum atomic E-state index is -0.155. The van der Waals surface area contributed by atoms with Crippen molar-refractivity contribution in [3.05, 3.63) is 0 Å². The summed E-state index contributed by atoms with van der Waals surface area (Å²) < 4.78 is 0. The van der Waals surface area contributed by atoms with Gasteiger partial charge < -0.3 is 15.5 Å². The SMILES string of the molecule is CCCNC(=O)NC1CC(=O)N(C2CC2)C1. The molecule has 1 heterocycles. The number of carbonyl (C=O) groups excluding carboxylic acids is 2. The largest absolute Gasteiger partial charge is 0.338 e. The standard InChI is InChI=1S/C11H19N3O2/c1-2-5-12-11(16)13-8-6-10(15)14(7-8)9-3-4-9/h8-9H,2-7H2,1H3,(H2,12,13,16). The highest BCUT2D eigenvalue weighted by atomic mass is 16.2. The van der Waals surface area contributed by atoms with Gasteiger partial charge in [-0.2, -0.15) is 0 Å². The fourth-order valence-electron chi connectivity index (χ4n) is 2.04. The molecular weight excluding hydrogens is 206 g/mol. The van der Waals surface area contributed by atoms with Gasteiger partial charge >= 0.3 is 6.03 Å². The Morgan fingerprint density at radius 2 is 2.25 bits per heavy atom. The van der Waals surface area contributed by atoms with E-state index in [1.165, 1.54) is 0 Å². The highest BCUT2D eigenvalue weighted by molar-refractivity contribution is 5.82. The van der Waals surface area contributed by atoms with Gasteiger partial charge in [-0.15, -0.1) is 0 Å². The number of amides is 3. The van der Waals surface area contributed by atoms with E-state index < -0.39 is 0 Å². The molecule has 2 rings (SSSR count). The van der Waals surface area contributed by atoms with Crippen LogP contribution in [0.2, 0.25) is 0 Å². The van der Waals surface area contributed by atoms with Gasteiger partial charge in [-0.3, -0.25) is 4.79 Å². The lowest BCUT2D eigenvalue weighted by Crippen LogP contribution is -2.43. The van der Waals surface area contributed by atoms with Crippen LogP contribution in [0.25, 0.3) is 0 Å². The van der Waals surface area contributed by atoms with Gasteiger partial charge in [0.2, 0.25) is 5.91 Å². The normalized spacial score (nSPS) is 24.7. The van der Waals surface area contributed by atoms with Crippen LogP contribution in [-0.2, 0) is 4.79 Å². The van der Waals surface area contributed by atoms with Gasteiger partial charge in [0.15, 0.2) is 0 Å². The van der Waals surface area contributed by atoms with Crippen LogP contribution in [0.4, 0.5) is 4.79 Å². The maximum atomic E-state index is 11.6. The van der Waals surface area contributed by atoms with Gasteiger partial charge in [0.25, 0.3) is 0 Å². The molecule has 0 spiro atoms. The number of carbonyl (C=O) groups is 2. The van der Waals surface area contributed by atoms with E-state index in [0.717, 1.165) is 19.3 Å². The average molecular weight is 225 g/mol. The molecule has 0 bridgehead atoms. The molecule has 0 aromatic rings. The first kappa shape index (κ1) is 11.2. The van der Waals surface area contributed by atoms with Gasteiger partial charge in [0.05, 0.1) is 6.04 Å². The van der Waals surface area contributed by atoms with E-state index in [4.69, 9.17) is 0 Å². The Bertz CT molecular complexity index is 289. The smallest absolute Gasteiger partial charge is 0.315 e. The van der Waals surface area contributed by atoms with E-state index in [1.54, 1.807) is 0 Å². The first-order valence-corrected chi connectivity index (χ1v) is 6.04. The Morgan fingerprint density at radius 3 is 2.88 bits per heavy atom. The molecule has 1 saturated heterocycles. The van der Waals surface area contributed by atoms with Crippen LogP contribution in [0.3, 0.4) is 0 Å². The van der Waals surface area contributed by atoms with Crippen molar-refractivity contribution in [3.8, 4) is 0 Å². The summed E-state index contributed by atoms with van der Waals surface area (Å²) in [5.74, 6) is 0.184. The molecule has 16 heavy (non-hydrogen) atoms. The molecule has 90 valence electrons. The van der Waals surface area contributed by atoms with Crippen molar-refractivity contribution in [3.63, 3.8) is 0 Å². The second kappa shape index (κ2) is 4.72. The van der Waals surface area contributed by atoms with Crippen LogP contribution >= 0.6 is 0 Å². The number of rotatable bonds is 4. The van der Waals surface area contributed by atoms with E-state index >= 15 is 0 Å². The lowest BCUT2D eigenvalue weighted by molar-refractivity contribution is -0.128. The monoisotopic (exact) mass is 225 g/mol. The molecule has 0 aromatic carbocycles.